The highest BCUT2D eigenvalue weighted by atomic mass is 16.1. The Labute approximate surface area is 101 Å². The maximum absolute atomic E-state index is 11.4. The van der Waals surface area contributed by atoms with E-state index in [-0.39, 0.29) is 5.56 Å². The highest BCUT2D eigenvalue weighted by Crippen LogP contribution is 2.20. The molecule has 2 rings (SSSR count). The number of aromatic amines is 1. The SMILES string of the molecule is CNCC1CCCN(c2cc(=O)[nH]c(C)n2)C1. The smallest absolute Gasteiger partial charge is 0.252 e. The molecule has 1 aliphatic rings. The number of anilines is 1. The molecule has 5 nitrogen and oxygen atoms in total. The van der Waals surface area contributed by atoms with Gasteiger partial charge in [-0.3, -0.25) is 4.79 Å². The van der Waals surface area contributed by atoms with Crippen molar-refractivity contribution < 1.29 is 0 Å². The van der Waals surface area contributed by atoms with Gasteiger partial charge in [-0.15, -0.1) is 0 Å². The molecular formula is C12H20N4O. The standard InChI is InChI=1S/C12H20N4O/c1-9-14-11(6-12(17)15-9)16-5-3-4-10(8-16)7-13-2/h6,10,13H,3-5,7-8H2,1-2H3,(H,14,15,17). The summed E-state index contributed by atoms with van der Waals surface area (Å²) in [5.41, 5.74) is -0.0664. The largest absolute Gasteiger partial charge is 0.356 e. The van der Waals surface area contributed by atoms with Crippen LogP contribution in [0.1, 0.15) is 18.7 Å². The van der Waals surface area contributed by atoms with Crippen LogP contribution in [0.15, 0.2) is 10.9 Å². The first-order chi connectivity index (χ1) is 8.19. The van der Waals surface area contributed by atoms with Crippen molar-refractivity contribution in [1.29, 1.82) is 0 Å². The van der Waals surface area contributed by atoms with E-state index >= 15 is 0 Å². The summed E-state index contributed by atoms with van der Waals surface area (Å²) in [4.78, 5) is 20.7. The molecule has 5 heteroatoms. The van der Waals surface area contributed by atoms with Crippen LogP contribution in [-0.2, 0) is 0 Å². The van der Waals surface area contributed by atoms with E-state index < -0.39 is 0 Å². The third-order valence-electron chi connectivity index (χ3n) is 3.18. The van der Waals surface area contributed by atoms with E-state index in [4.69, 9.17) is 0 Å². The predicted octanol–water partition coefficient (Wildman–Crippen LogP) is 0.514. The summed E-state index contributed by atoms with van der Waals surface area (Å²) in [7, 11) is 1.98. The molecule has 1 atom stereocenters. The van der Waals surface area contributed by atoms with Gasteiger partial charge in [0.25, 0.3) is 5.56 Å². The molecular weight excluding hydrogens is 216 g/mol. The van der Waals surface area contributed by atoms with Crippen molar-refractivity contribution in [3.8, 4) is 0 Å². The molecule has 1 fully saturated rings. The minimum absolute atomic E-state index is 0.0664. The molecule has 1 aromatic heterocycles. The molecule has 1 unspecified atom stereocenters. The molecule has 0 radical (unpaired) electrons. The van der Waals surface area contributed by atoms with Crippen molar-refractivity contribution in [2.24, 2.45) is 5.92 Å². The molecule has 0 bridgehead atoms. The van der Waals surface area contributed by atoms with Crippen LogP contribution in [0.4, 0.5) is 5.82 Å². The van der Waals surface area contributed by atoms with E-state index in [0.29, 0.717) is 11.7 Å². The van der Waals surface area contributed by atoms with Gasteiger partial charge in [-0.05, 0) is 39.3 Å². The Morgan fingerprint density at radius 3 is 3.18 bits per heavy atom. The van der Waals surface area contributed by atoms with E-state index in [1.165, 1.54) is 12.8 Å². The monoisotopic (exact) mass is 236 g/mol. The van der Waals surface area contributed by atoms with Gasteiger partial charge in [-0.25, -0.2) is 4.98 Å². The maximum atomic E-state index is 11.4. The Morgan fingerprint density at radius 2 is 2.47 bits per heavy atom. The minimum atomic E-state index is -0.0664. The molecule has 1 saturated heterocycles. The van der Waals surface area contributed by atoms with Crippen molar-refractivity contribution in [2.75, 3.05) is 31.6 Å². The molecule has 0 amide bonds. The van der Waals surface area contributed by atoms with Gasteiger partial charge in [0.05, 0.1) is 0 Å². The fourth-order valence-electron chi connectivity index (χ4n) is 2.45. The van der Waals surface area contributed by atoms with Gasteiger partial charge in [0.15, 0.2) is 0 Å². The van der Waals surface area contributed by atoms with Gasteiger partial charge >= 0.3 is 0 Å². The third-order valence-corrected chi connectivity index (χ3v) is 3.18. The number of piperidine rings is 1. The summed E-state index contributed by atoms with van der Waals surface area (Å²) < 4.78 is 0. The summed E-state index contributed by atoms with van der Waals surface area (Å²) in [6.07, 6.45) is 2.42. The van der Waals surface area contributed by atoms with Gasteiger partial charge in [-0.1, -0.05) is 0 Å². The second kappa shape index (κ2) is 5.31. The second-order valence-corrected chi connectivity index (χ2v) is 4.70. The quantitative estimate of drug-likeness (QED) is 0.803. The summed E-state index contributed by atoms with van der Waals surface area (Å²) in [5, 5.41) is 3.22. The van der Waals surface area contributed by atoms with E-state index in [1.807, 2.05) is 14.0 Å². The van der Waals surface area contributed by atoms with E-state index in [2.05, 4.69) is 20.2 Å². The lowest BCUT2D eigenvalue weighted by atomic mass is 9.98. The summed E-state index contributed by atoms with van der Waals surface area (Å²) in [6, 6.07) is 1.59. The van der Waals surface area contributed by atoms with Crippen LogP contribution in [0.3, 0.4) is 0 Å². The molecule has 1 aromatic rings. The topological polar surface area (TPSA) is 61.0 Å². The zero-order chi connectivity index (χ0) is 12.3. The highest BCUT2D eigenvalue weighted by Gasteiger charge is 2.20. The van der Waals surface area contributed by atoms with Crippen molar-refractivity contribution in [1.82, 2.24) is 15.3 Å². The van der Waals surface area contributed by atoms with E-state index in [0.717, 1.165) is 25.5 Å². The van der Waals surface area contributed by atoms with Gasteiger partial charge in [0.2, 0.25) is 0 Å². The van der Waals surface area contributed by atoms with Crippen molar-refractivity contribution >= 4 is 5.82 Å². The van der Waals surface area contributed by atoms with Crippen LogP contribution in [0, 0.1) is 12.8 Å². The van der Waals surface area contributed by atoms with Crippen molar-refractivity contribution in [3.05, 3.63) is 22.2 Å². The Balaban J connectivity index is 2.13. The Kier molecular flexibility index (Phi) is 3.78. The first-order valence-corrected chi connectivity index (χ1v) is 6.16. The average molecular weight is 236 g/mol. The summed E-state index contributed by atoms with van der Waals surface area (Å²) in [5.74, 6) is 2.14. The van der Waals surface area contributed by atoms with Crippen LogP contribution in [0.5, 0.6) is 0 Å². The lowest BCUT2D eigenvalue weighted by Crippen LogP contribution is -2.40. The van der Waals surface area contributed by atoms with Gasteiger partial charge < -0.3 is 15.2 Å². The molecule has 2 N–H and O–H groups in total. The van der Waals surface area contributed by atoms with Crippen LogP contribution in [0.2, 0.25) is 0 Å². The number of aromatic nitrogens is 2. The van der Waals surface area contributed by atoms with Crippen molar-refractivity contribution in [3.63, 3.8) is 0 Å². The molecule has 0 saturated carbocycles. The Bertz CT molecular complexity index is 427. The second-order valence-electron chi connectivity index (χ2n) is 4.70. The number of nitrogens with zero attached hydrogens (tertiary/aromatic N) is 2. The first kappa shape index (κ1) is 12.1. The normalized spacial score (nSPS) is 20.6. The fraction of sp³-hybridized carbons (Fsp3) is 0.667. The number of rotatable bonds is 3. The van der Waals surface area contributed by atoms with Crippen LogP contribution >= 0.6 is 0 Å². The molecule has 0 aliphatic carbocycles. The van der Waals surface area contributed by atoms with Gasteiger partial charge in [0, 0.05) is 19.2 Å². The highest BCUT2D eigenvalue weighted by molar-refractivity contribution is 5.37. The zero-order valence-electron chi connectivity index (χ0n) is 10.5. The fourth-order valence-corrected chi connectivity index (χ4v) is 2.45. The number of hydrogen-bond acceptors (Lipinski definition) is 4. The van der Waals surface area contributed by atoms with E-state index in [1.54, 1.807) is 6.07 Å². The molecule has 1 aliphatic heterocycles. The van der Waals surface area contributed by atoms with Gasteiger partial charge in [0.1, 0.15) is 11.6 Å². The maximum Gasteiger partial charge on any atom is 0.252 e. The lowest BCUT2D eigenvalue weighted by Gasteiger charge is -2.33. The molecule has 0 aromatic carbocycles. The molecule has 2 heterocycles. The minimum Gasteiger partial charge on any atom is -0.356 e. The number of H-pyrrole nitrogens is 1. The van der Waals surface area contributed by atoms with E-state index in [9.17, 15) is 4.79 Å². The molecule has 94 valence electrons. The van der Waals surface area contributed by atoms with Crippen LogP contribution in [0.25, 0.3) is 0 Å². The number of hydrogen-bond donors (Lipinski definition) is 2. The Hall–Kier alpha value is -1.36. The van der Waals surface area contributed by atoms with Gasteiger partial charge in [-0.2, -0.15) is 0 Å². The number of aryl methyl sites for hydroxylation is 1. The summed E-state index contributed by atoms with van der Waals surface area (Å²) in [6.45, 7) is 4.82. The summed E-state index contributed by atoms with van der Waals surface area (Å²) >= 11 is 0. The van der Waals surface area contributed by atoms with Crippen LogP contribution in [-0.4, -0.2) is 36.6 Å². The zero-order valence-corrected chi connectivity index (χ0v) is 10.5. The predicted molar refractivity (Wildman–Crippen MR) is 68.5 cm³/mol. The average Bonchev–Trinajstić information content (AvgIpc) is 2.28. The third kappa shape index (κ3) is 3.06. The first-order valence-electron chi connectivity index (χ1n) is 6.16. The lowest BCUT2D eigenvalue weighted by molar-refractivity contribution is 0.401. The molecule has 17 heavy (non-hydrogen) atoms. The van der Waals surface area contributed by atoms with Crippen molar-refractivity contribution in [2.45, 2.75) is 19.8 Å². The molecule has 0 spiro atoms. The number of nitrogens with one attached hydrogen (secondary N) is 2. The van der Waals surface area contributed by atoms with Crippen LogP contribution < -0.4 is 15.8 Å². The Morgan fingerprint density at radius 1 is 1.65 bits per heavy atom.